The predicted octanol–water partition coefficient (Wildman–Crippen LogP) is 2.77. The summed E-state index contributed by atoms with van der Waals surface area (Å²) in [5.74, 6) is 1.43. The van der Waals surface area contributed by atoms with Gasteiger partial charge in [0.25, 0.3) is 5.91 Å². The van der Waals surface area contributed by atoms with Crippen LogP contribution in [-0.4, -0.2) is 39.2 Å². The Kier molecular flexibility index (Phi) is 5.49. The molecule has 1 aliphatic heterocycles. The van der Waals surface area contributed by atoms with Gasteiger partial charge < -0.3 is 24.4 Å². The van der Waals surface area contributed by atoms with Gasteiger partial charge in [0.05, 0.1) is 19.9 Å². The van der Waals surface area contributed by atoms with Gasteiger partial charge in [0.15, 0.2) is 18.1 Å². The second kappa shape index (κ2) is 7.99. The van der Waals surface area contributed by atoms with Crippen molar-refractivity contribution in [1.82, 2.24) is 0 Å². The van der Waals surface area contributed by atoms with E-state index in [-0.39, 0.29) is 31.4 Å². The van der Waals surface area contributed by atoms with Crippen molar-refractivity contribution < 1.29 is 23.8 Å². The third kappa shape index (κ3) is 3.97. The van der Waals surface area contributed by atoms with Gasteiger partial charge in [-0.05, 0) is 30.7 Å². The molecule has 2 amide bonds. The number of nitrogens with one attached hydrogen (secondary N) is 1. The maximum absolute atomic E-state index is 12.4. The molecule has 1 N–H and O–H groups in total. The number of benzene rings is 2. The molecule has 2 aromatic carbocycles. The molecule has 27 heavy (non-hydrogen) atoms. The summed E-state index contributed by atoms with van der Waals surface area (Å²) in [7, 11) is 3.10. The first-order valence-electron chi connectivity index (χ1n) is 8.58. The van der Waals surface area contributed by atoms with Crippen molar-refractivity contribution in [3.8, 4) is 17.2 Å². The van der Waals surface area contributed by atoms with Crippen molar-refractivity contribution in [1.29, 1.82) is 0 Å². The lowest BCUT2D eigenvalue weighted by Crippen LogP contribution is -2.40. The van der Waals surface area contributed by atoms with E-state index < -0.39 is 0 Å². The Labute approximate surface area is 157 Å². The summed E-state index contributed by atoms with van der Waals surface area (Å²) >= 11 is 0. The van der Waals surface area contributed by atoms with Crippen molar-refractivity contribution in [2.24, 2.45) is 0 Å². The van der Waals surface area contributed by atoms with Crippen molar-refractivity contribution in [2.45, 2.75) is 13.3 Å². The number of amides is 2. The SMILES string of the molecule is COc1cc(C)c(NC(=O)CCN2C(=O)COc3ccccc32)cc1OC. The Hall–Kier alpha value is -3.22. The summed E-state index contributed by atoms with van der Waals surface area (Å²) in [4.78, 5) is 26.2. The van der Waals surface area contributed by atoms with Gasteiger partial charge in [-0.25, -0.2) is 0 Å². The van der Waals surface area contributed by atoms with Crippen LogP contribution in [0.4, 0.5) is 11.4 Å². The number of ether oxygens (including phenoxy) is 3. The average Bonchev–Trinajstić information content (AvgIpc) is 2.68. The van der Waals surface area contributed by atoms with Crippen LogP contribution in [0, 0.1) is 6.92 Å². The van der Waals surface area contributed by atoms with Crippen LogP contribution in [0.1, 0.15) is 12.0 Å². The molecule has 0 atom stereocenters. The third-order valence-electron chi connectivity index (χ3n) is 4.38. The monoisotopic (exact) mass is 370 g/mol. The first-order chi connectivity index (χ1) is 13.0. The Bertz CT molecular complexity index is 865. The number of anilines is 2. The third-order valence-corrected chi connectivity index (χ3v) is 4.38. The van der Waals surface area contributed by atoms with Crippen LogP contribution in [0.2, 0.25) is 0 Å². The molecule has 2 aromatic rings. The maximum Gasteiger partial charge on any atom is 0.265 e. The van der Waals surface area contributed by atoms with Crippen LogP contribution < -0.4 is 24.4 Å². The molecule has 0 saturated carbocycles. The number of methoxy groups -OCH3 is 2. The van der Waals surface area contributed by atoms with E-state index in [1.165, 1.54) is 0 Å². The van der Waals surface area contributed by atoms with Crippen LogP contribution in [0.15, 0.2) is 36.4 Å². The molecule has 0 aromatic heterocycles. The molecule has 0 radical (unpaired) electrons. The minimum Gasteiger partial charge on any atom is -0.493 e. The molecule has 0 aliphatic carbocycles. The van der Waals surface area contributed by atoms with Gasteiger partial charge in [-0.3, -0.25) is 9.59 Å². The van der Waals surface area contributed by atoms with Crippen LogP contribution >= 0.6 is 0 Å². The van der Waals surface area contributed by atoms with E-state index in [1.807, 2.05) is 31.2 Å². The highest BCUT2D eigenvalue weighted by Crippen LogP contribution is 2.33. The number of fused-ring (bicyclic) bond motifs is 1. The van der Waals surface area contributed by atoms with E-state index >= 15 is 0 Å². The molecule has 1 aliphatic rings. The zero-order chi connectivity index (χ0) is 19.4. The highest BCUT2D eigenvalue weighted by atomic mass is 16.5. The number of hydrogen-bond acceptors (Lipinski definition) is 5. The summed E-state index contributed by atoms with van der Waals surface area (Å²) in [5.41, 5.74) is 2.18. The van der Waals surface area contributed by atoms with Crippen molar-refractivity contribution >= 4 is 23.2 Å². The van der Waals surface area contributed by atoms with Gasteiger partial charge in [-0.15, -0.1) is 0 Å². The van der Waals surface area contributed by atoms with E-state index in [2.05, 4.69) is 5.32 Å². The standard InChI is InChI=1S/C20H22N2O5/c1-13-10-17(25-2)18(26-3)11-14(13)21-19(23)8-9-22-15-6-4-5-7-16(15)27-12-20(22)24/h4-7,10-11H,8-9,12H2,1-3H3,(H,21,23). The van der Waals surface area contributed by atoms with Gasteiger partial charge in [0.1, 0.15) is 5.75 Å². The zero-order valence-electron chi connectivity index (χ0n) is 15.6. The highest BCUT2D eigenvalue weighted by molar-refractivity contribution is 5.99. The minimum atomic E-state index is -0.193. The number of para-hydroxylation sites is 2. The molecule has 0 bridgehead atoms. The van der Waals surface area contributed by atoms with Gasteiger partial charge in [-0.1, -0.05) is 12.1 Å². The fourth-order valence-electron chi connectivity index (χ4n) is 2.94. The molecule has 142 valence electrons. The summed E-state index contributed by atoms with van der Waals surface area (Å²) in [6, 6.07) is 10.8. The molecule has 7 nitrogen and oxygen atoms in total. The lowest BCUT2D eigenvalue weighted by atomic mass is 10.1. The molecule has 7 heteroatoms. The van der Waals surface area contributed by atoms with Crippen LogP contribution in [-0.2, 0) is 9.59 Å². The molecular weight excluding hydrogens is 348 g/mol. The molecule has 1 heterocycles. The van der Waals surface area contributed by atoms with Gasteiger partial charge in [-0.2, -0.15) is 0 Å². The summed E-state index contributed by atoms with van der Waals surface area (Å²) in [5, 5.41) is 2.87. The van der Waals surface area contributed by atoms with E-state index in [0.29, 0.717) is 28.6 Å². The summed E-state index contributed by atoms with van der Waals surface area (Å²) < 4.78 is 15.9. The topological polar surface area (TPSA) is 77.1 Å². The molecule has 0 unspecified atom stereocenters. The summed E-state index contributed by atoms with van der Waals surface area (Å²) in [6.07, 6.45) is 0.161. The molecule has 0 spiro atoms. The normalized spacial score (nSPS) is 12.9. The quantitative estimate of drug-likeness (QED) is 0.846. The van der Waals surface area contributed by atoms with Crippen molar-refractivity contribution in [3.63, 3.8) is 0 Å². The number of hydrogen-bond donors (Lipinski definition) is 1. The zero-order valence-corrected chi connectivity index (χ0v) is 15.6. The van der Waals surface area contributed by atoms with Crippen molar-refractivity contribution in [2.75, 3.05) is 37.6 Å². The van der Waals surface area contributed by atoms with Crippen LogP contribution in [0.5, 0.6) is 17.2 Å². The van der Waals surface area contributed by atoms with Crippen molar-refractivity contribution in [3.05, 3.63) is 42.0 Å². The molecule has 3 rings (SSSR count). The van der Waals surface area contributed by atoms with Gasteiger partial charge in [0, 0.05) is 24.7 Å². The Balaban J connectivity index is 1.68. The largest absolute Gasteiger partial charge is 0.493 e. The number of carbonyl (C=O) groups is 2. The second-order valence-corrected chi connectivity index (χ2v) is 6.12. The van der Waals surface area contributed by atoms with E-state index in [0.717, 1.165) is 5.56 Å². The minimum absolute atomic E-state index is 0.0204. The second-order valence-electron chi connectivity index (χ2n) is 6.12. The lowest BCUT2D eigenvalue weighted by Gasteiger charge is -2.29. The van der Waals surface area contributed by atoms with Crippen LogP contribution in [0.3, 0.4) is 0 Å². The van der Waals surface area contributed by atoms with E-state index in [4.69, 9.17) is 14.2 Å². The van der Waals surface area contributed by atoms with Gasteiger partial charge >= 0.3 is 0 Å². The number of carbonyl (C=O) groups excluding carboxylic acids is 2. The molecule has 0 saturated heterocycles. The first-order valence-corrected chi connectivity index (χ1v) is 8.58. The molecule has 0 fully saturated rings. The first kappa shape index (κ1) is 18.6. The Morgan fingerprint density at radius 1 is 1.19 bits per heavy atom. The van der Waals surface area contributed by atoms with Gasteiger partial charge in [0.2, 0.25) is 5.91 Å². The van der Waals surface area contributed by atoms with E-state index in [1.54, 1.807) is 31.3 Å². The maximum atomic E-state index is 12.4. The number of aryl methyl sites for hydroxylation is 1. The predicted molar refractivity (Wildman–Crippen MR) is 102 cm³/mol. The fraction of sp³-hybridized carbons (Fsp3) is 0.300. The smallest absolute Gasteiger partial charge is 0.265 e. The van der Waals surface area contributed by atoms with E-state index in [9.17, 15) is 9.59 Å². The Morgan fingerprint density at radius 2 is 1.89 bits per heavy atom. The van der Waals surface area contributed by atoms with Crippen LogP contribution in [0.25, 0.3) is 0 Å². The molecular formula is C20H22N2O5. The number of nitrogens with zero attached hydrogens (tertiary/aromatic N) is 1. The number of rotatable bonds is 6. The fourth-order valence-corrected chi connectivity index (χ4v) is 2.94. The summed E-state index contributed by atoms with van der Waals surface area (Å²) in [6.45, 7) is 2.13. The average molecular weight is 370 g/mol. The Morgan fingerprint density at radius 3 is 2.63 bits per heavy atom. The highest BCUT2D eigenvalue weighted by Gasteiger charge is 2.25. The lowest BCUT2D eigenvalue weighted by molar-refractivity contribution is -0.121.